The summed E-state index contributed by atoms with van der Waals surface area (Å²) < 4.78 is 22.5. The molecule has 0 aliphatic carbocycles. The van der Waals surface area contributed by atoms with Crippen LogP contribution in [0.3, 0.4) is 0 Å². The molecule has 10 heteroatoms. The van der Waals surface area contributed by atoms with Crippen LogP contribution in [0.1, 0.15) is 38.5 Å². The lowest BCUT2D eigenvalue weighted by molar-refractivity contribution is 0.108. The molecule has 4 aliphatic rings. The normalized spacial score (nSPS) is 24.7. The molecule has 2 bridgehead atoms. The zero-order chi connectivity index (χ0) is 25.1. The smallest absolute Gasteiger partial charge is 0.319 e. The molecule has 6 heterocycles. The van der Waals surface area contributed by atoms with E-state index in [2.05, 4.69) is 25.1 Å². The number of rotatable bonds is 5. The van der Waals surface area contributed by atoms with Gasteiger partial charge in [-0.25, -0.2) is 4.39 Å². The third kappa shape index (κ3) is 4.04. The molecule has 194 valence electrons. The molecule has 0 radical (unpaired) electrons. The fourth-order valence-electron chi connectivity index (χ4n) is 6.83. The van der Waals surface area contributed by atoms with Crippen molar-refractivity contribution in [3.63, 3.8) is 0 Å². The predicted octanol–water partition coefficient (Wildman–Crippen LogP) is 5.09. The summed E-state index contributed by atoms with van der Waals surface area (Å²) in [5.41, 5.74) is 0.789. The van der Waals surface area contributed by atoms with E-state index in [-0.39, 0.29) is 27.8 Å². The zero-order valence-corrected chi connectivity index (χ0v) is 22.0. The second-order valence-corrected chi connectivity index (χ2v) is 11.6. The summed E-state index contributed by atoms with van der Waals surface area (Å²) in [7, 11) is 0. The Hall–Kier alpha value is -2.26. The maximum atomic E-state index is 16.2. The largest absolute Gasteiger partial charge is 0.461 e. The van der Waals surface area contributed by atoms with E-state index in [1.165, 1.54) is 12.8 Å². The topological polar surface area (TPSA) is 66.4 Å². The highest BCUT2D eigenvalue weighted by molar-refractivity contribution is 6.43. The van der Waals surface area contributed by atoms with Crippen LogP contribution in [0.2, 0.25) is 10.0 Å². The van der Waals surface area contributed by atoms with E-state index < -0.39 is 5.82 Å². The number of hydrogen-bond donors (Lipinski definition) is 1. The van der Waals surface area contributed by atoms with Gasteiger partial charge in [0.2, 0.25) is 0 Å². The molecule has 3 aromatic rings. The lowest BCUT2D eigenvalue weighted by Crippen LogP contribution is -2.51. The number of anilines is 1. The van der Waals surface area contributed by atoms with Crippen molar-refractivity contribution in [3.05, 3.63) is 40.3 Å². The summed E-state index contributed by atoms with van der Waals surface area (Å²) in [4.78, 5) is 18.7. The van der Waals surface area contributed by atoms with Gasteiger partial charge in [-0.05, 0) is 57.7 Å². The van der Waals surface area contributed by atoms with Crippen LogP contribution in [0.5, 0.6) is 6.01 Å². The van der Waals surface area contributed by atoms with Crippen molar-refractivity contribution in [2.75, 3.05) is 37.7 Å². The number of fused-ring (bicyclic) bond motifs is 4. The van der Waals surface area contributed by atoms with Crippen LogP contribution in [-0.4, -0.2) is 70.3 Å². The number of benzene rings is 1. The number of nitrogens with zero attached hydrogens (tertiary/aromatic N) is 5. The standard InChI is InChI=1S/C27H29Cl2FN6O/c28-20-5-1-4-18(21(20)29)23-22(30)24-19(12-31-23)25(35-13-16-6-7-17(14-35)32-16)34-26(33-24)37-15-27-8-2-10-36(27)11-3-9-27/h1,4-5,12,16-17,32H,2-3,6-11,13-15H2. The van der Waals surface area contributed by atoms with Gasteiger partial charge in [-0.3, -0.25) is 9.88 Å². The lowest BCUT2D eigenvalue weighted by Gasteiger charge is -2.34. The summed E-state index contributed by atoms with van der Waals surface area (Å²) >= 11 is 12.7. The maximum Gasteiger partial charge on any atom is 0.319 e. The van der Waals surface area contributed by atoms with Gasteiger partial charge in [0.25, 0.3) is 0 Å². The quantitative estimate of drug-likeness (QED) is 0.481. The maximum absolute atomic E-state index is 16.2. The molecule has 1 aromatic carbocycles. The number of nitrogens with one attached hydrogen (secondary N) is 1. The number of aromatic nitrogens is 3. The van der Waals surface area contributed by atoms with Gasteiger partial charge in [0, 0.05) is 36.9 Å². The first kappa shape index (κ1) is 23.8. The highest BCUT2D eigenvalue weighted by Crippen LogP contribution is 2.40. The molecule has 1 N–H and O–H groups in total. The number of hydrogen-bond acceptors (Lipinski definition) is 7. The number of pyridine rings is 1. The number of halogens is 3. The van der Waals surface area contributed by atoms with Crippen molar-refractivity contribution in [1.82, 2.24) is 25.2 Å². The molecular weight excluding hydrogens is 514 g/mol. The predicted molar refractivity (Wildman–Crippen MR) is 143 cm³/mol. The van der Waals surface area contributed by atoms with Crippen molar-refractivity contribution in [1.29, 1.82) is 0 Å². The molecule has 0 spiro atoms. The molecular formula is C27H29Cl2FN6O. The van der Waals surface area contributed by atoms with Crippen LogP contribution >= 0.6 is 23.2 Å². The van der Waals surface area contributed by atoms with Gasteiger partial charge >= 0.3 is 6.01 Å². The minimum atomic E-state index is -0.546. The van der Waals surface area contributed by atoms with Gasteiger partial charge in [-0.15, -0.1) is 0 Å². The van der Waals surface area contributed by atoms with Crippen molar-refractivity contribution in [3.8, 4) is 17.3 Å². The summed E-state index contributed by atoms with van der Waals surface area (Å²) in [6.45, 7) is 4.36. The third-order valence-corrected chi connectivity index (χ3v) is 9.47. The minimum Gasteiger partial charge on any atom is -0.461 e. The molecule has 2 atom stereocenters. The van der Waals surface area contributed by atoms with Crippen LogP contribution in [0, 0.1) is 5.82 Å². The van der Waals surface area contributed by atoms with Gasteiger partial charge in [0.15, 0.2) is 5.82 Å². The van der Waals surface area contributed by atoms with E-state index >= 15 is 4.39 Å². The van der Waals surface area contributed by atoms with E-state index in [0.29, 0.717) is 40.5 Å². The average molecular weight is 543 g/mol. The molecule has 2 aromatic heterocycles. The molecule has 0 amide bonds. The third-order valence-electron chi connectivity index (χ3n) is 8.65. The summed E-state index contributed by atoms with van der Waals surface area (Å²) in [6, 6.07) is 6.15. The molecule has 0 saturated carbocycles. The van der Waals surface area contributed by atoms with Crippen LogP contribution in [0.4, 0.5) is 10.2 Å². The first-order chi connectivity index (χ1) is 18.0. The van der Waals surface area contributed by atoms with Gasteiger partial charge in [0.1, 0.15) is 23.6 Å². The number of piperazine rings is 1. The van der Waals surface area contributed by atoms with Crippen LogP contribution in [-0.2, 0) is 0 Å². The van der Waals surface area contributed by atoms with Gasteiger partial charge in [-0.2, -0.15) is 9.97 Å². The highest BCUT2D eigenvalue weighted by atomic mass is 35.5. The van der Waals surface area contributed by atoms with Gasteiger partial charge in [-0.1, -0.05) is 35.3 Å². The van der Waals surface area contributed by atoms with E-state index in [0.717, 1.165) is 51.9 Å². The minimum absolute atomic E-state index is 0.0445. The molecule has 7 rings (SSSR count). The molecule has 4 fully saturated rings. The lowest BCUT2D eigenvalue weighted by atomic mass is 9.95. The second kappa shape index (κ2) is 9.19. The Morgan fingerprint density at radius 2 is 1.84 bits per heavy atom. The Kier molecular flexibility index (Phi) is 5.92. The molecule has 2 unspecified atom stereocenters. The van der Waals surface area contributed by atoms with Crippen molar-refractivity contribution in [2.24, 2.45) is 0 Å². The van der Waals surface area contributed by atoms with Crippen LogP contribution in [0.25, 0.3) is 22.2 Å². The van der Waals surface area contributed by atoms with E-state index in [9.17, 15) is 0 Å². The molecule has 37 heavy (non-hydrogen) atoms. The average Bonchev–Trinajstić information content (AvgIpc) is 3.58. The molecule has 4 aliphatic heterocycles. The van der Waals surface area contributed by atoms with Crippen molar-refractivity contribution >= 4 is 39.9 Å². The highest BCUT2D eigenvalue weighted by Gasteiger charge is 2.45. The summed E-state index contributed by atoms with van der Waals surface area (Å²) in [5, 5.41) is 4.85. The molecule has 4 saturated heterocycles. The SMILES string of the molecule is Fc1c(-c2cccc(Cl)c2Cl)ncc2c(N3CC4CCC(C3)N4)nc(OCC34CCCN3CCC4)nc12. The van der Waals surface area contributed by atoms with E-state index in [1.807, 2.05) is 0 Å². The van der Waals surface area contributed by atoms with Crippen molar-refractivity contribution in [2.45, 2.75) is 56.1 Å². The zero-order valence-electron chi connectivity index (χ0n) is 20.5. The van der Waals surface area contributed by atoms with Crippen LogP contribution in [0.15, 0.2) is 24.4 Å². The Labute approximate surface area is 225 Å². The molecule has 7 nitrogen and oxygen atoms in total. The first-order valence-electron chi connectivity index (χ1n) is 13.2. The Bertz CT molecular complexity index is 1350. The summed E-state index contributed by atoms with van der Waals surface area (Å²) in [5.74, 6) is 0.135. The fourth-order valence-corrected chi connectivity index (χ4v) is 7.22. The van der Waals surface area contributed by atoms with E-state index in [4.69, 9.17) is 32.9 Å². The van der Waals surface area contributed by atoms with Crippen LogP contribution < -0.4 is 15.0 Å². The first-order valence-corrected chi connectivity index (χ1v) is 14.0. The van der Waals surface area contributed by atoms with Crippen molar-refractivity contribution < 1.29 is 9.13 Å². The Morgan fingerprint density at radius 3 is 2.59 bits per heavy atom. The van der Waals surface area contributed by atoms with E-state index in [1.54, 1.807) is 24.4 Å². The van der Waals surface area contributed by atoms with Gasteiger partial charge in [0.05, 0.1) is 21.0 Å². The Balaban J connectivity index is 1.32. The fraction of sp³-hybridized carbons (Fsp3) is 0.519. The monoisotopic (exact) mass is 542 g/mol. The number of ether oxygens (including phenoxy) is 1. The Morgan fingerprint density at radius 1 is 1.08 bits per heavy atom. The summed E-state index contributed by atoms with van der Waals surface area (Å²) in [6.07, 6.45) is 8.52. The van der Waals surface area contributed by atoms with Gasteiger partial charge < -0.3 is 15.0 Å². The second-order valence-electron chi connectivity index (χ2n) is 10.9.